The van der Waals surface area contributed by atoms with Gasteiger partial charge in [-0.1, -0.05) is 113 Å². The third kappa shape index (κ3) is 4.15. The number of anilines is 4. The normalized spacial score (nSPS) is 16.6. The van der Waals surface area contributed by atoms with Crippen LogP contribution in [0.4, 0.5) is 22.7 Å². The Kier molecular flexibility index (Phi) is 6.41. The van der Waals surface area contributed by atoms with Crippen LogP contribution >= 0.6 is 0 Å². The van der Waals surface area contributed by atoms with Crippen molar-refractivity contribution < 1.29 is 0 Å². The Morgan fingerprint density at radius 3 is 1.49 bits per heavy atom. The highest BCUT2D eigenvalue weighted by Crippen LogP contribution is 2.61. The summed E-state index contributed by atoms with van der Waals surface area (Å²) in [5.41, 5.74) is 16.0. The zero-order valence-electron chi connectivity index (χ0n) is 31.1. The lowest BCUT2D eigenvalue weighted by Crippen LogP contribution is -2.29. The first kappa shape index (κ1) is 31.0. The molecule has 1 fully saturated rings. The average molecular weight is 685 g/mol. The van der Waals surface area contributed by atoms with E-state index in [2.05, 4.69) is 171 Å². The van der Waals surface area contributed by atoms with Gasteiger partial charge in [0.1, 0.15) is 0 Å². The van der Waals surface area contributed by atoms with Crippen molar-refractivity contribution in [1.82, 2.24) is 0 Å². The van der Waals surface area contributed by atoms with Gasteiger partial charge in [0.15, 0.2) is 0 Å². The number of rotatable bonds is 4. The van der Waals surface area contributed by atoms with Crippen molar-refractivity contribution in [3.8, 4) is 22.3 Å². The van der Waals surface area contributed by atoms with E-state index >= 15 is 0 Å². The second kappa shape index (κ2) is 11.0. The number of para-hydroxylation sites is 2. The van der Waals surface area contributed by atoms with Gasteiger partial charge in [0, 0.05) is 46.7 Å². The summed E-state index contributed by atoms with van der Waals surface area (Å²) in [7, 11) is 0. The molecule has 0 amide bonds. The zero-order chi connectivity index (χ0) is 35.6. The van der Waals surface area contributed by atoms with Gasteiger partial charge in [-0.25, -0.2) is 0 Å². The van der Waals surface area contributed by atoms with Crippen LogP contribution in [0.2, 0.25) is 0 Å². The number of hydrogen-bond donors (Lipinski definition) is 0. The summed E-state index contributed by atoms with van der Waals surface area (Å²) in [5, 5.41) is 8.44. The van der Waals surface area contributed by atoms with Gasteiger partial charge in [0.2, 0.25) is 0 Å². The fraction of sp³-hybridized carbons (Fsp3) is 0.216. The molecule has 0 spiro atoms. The highest BCUT2D eigenvalue weighted by molar-refractivity contribution is 6.33. The van der Waals surface area contributed by atoms with E-state index in [1.165, 1.54) is 107 Å². The van der Waals surface area contributed by atoms with Gasteiger partial charge in [-0.3, -0.25) is 0 Å². The van der Waals surface area contributed by atoms with Crippen molar-refractivity contribution in [3.05, 3.63) is 156 Å². The molecule has 1 saturated heterocycles. The van der Waals surface area contributed by atoms with E-state index in [-0.39, 0.29) is 10.8 Å². The molecule has 8 aromatic carbocycles. The van der Waals surface area contributed by atoms with E-state index in [4.69, 9.17) is 0 Å². The van der Waals surface area contributed by atoms with E-state index in [0.29, 0.717) is 0 Å². The molecule has 0 bridgehead atoms. The molecule has 3 aliphatic rings. The van der Waals surface area contributed by atoms with E-state index in [1.807, 2.05) is 0 Å². The Labute approximate surface area is 312 Å². The van der Waals surface area contributed by atoms with E-state index in [0.717, 1.165) is 24.5 Å². The van der Waals surface area contributed by atoms with Crippen LogP contribution in [-0.4, -0.2) is 13.1 Å². The minimum Gasteiger partial charge on any atom is -0.372 e. The number of nitrogens with zero attached hydrogens (tertiary/aromatic N) is 2. The van der Waals surface area contributed by atoms with Gasteiger partial charge in [0.25, 0.3) is 0 Å². The largest absolute Gasteiger partial charge is 0.372 e. The van der Waals surface area contributed by atoms with Crippen LogP contribution in [0.1, 0.15) is 69.2 Å². The topological polar surface area (TPSA) is 6.48 Å². The molecule has 2 aliphatic carbocycles. The van der Waals surface area contributed by atoms with Crippen molar-refractivity contribution in [2.24, 2.45) is 0 Å². The highest BCUT2D eigenvalue weighted by Gasteiger charge is 2.43. The van der Waals surface area contributed by atoms with Gasteiger partial charge < -0.3 is 9.80 Å². The Morgan fingerprint density at radius 2 is 0.943 bits per heavy atom. The van der Waals surface area contributed by atoms with Crippen LogP contribution in [-0.2, 0) is 10.8 Å². The maximum Gasteiger partial charge on any atom is 0.0465 e. The summed E-state index contributed by atoms with van der Waals surface area (Å²) in [6.07, 6.45) is 3.93. The molecule has 1 heterocycles. The van der Waals surface area contributed by atoms with Crippen LogP contribution in [0.15, 0.2) is 133 Å². The summed E-state index contributed by atoms with van der Waals surface area (Å²) in [4.78, 5) is 5.01. The molecule has 0 radical (unpaired) electrons. The molecule has 11 rings (SSSR count). The molecule has 8 aromatic rings. The SMILES string of the molecule is CC1(C)c2cc(N3CCCCC3)ccc2-c2c1c1cccc3c4c(c5cccc2c5c31)C(C)(C)c1cc(N(c2ccccc2)c2ccccc2)ccc1-4. The molecule has 53 heavy (non-hydrogen) atoms. The highest BCUT2D eigenvalue weighted by atomic mass is 15.1. The molecule has 2 heteroatoms. The summed E-state index contributed by atoms with van der Waals surface area (Å²) in [6, 6.07) is 50.5. The Bertz CT molecular complexity index is 2710. The van der Waals surface area contributed by atoms with Crippen molar-refractivity contribution in [2.45, 2.75) is 57.8 Å². The summed E-state index contributed by atoms with van der Waals surface area (Å²) in [6.45, 7) is 12.2. The van der Waals surface area contributed by atoms with Gasteiger partial charge in [-0.15, -0.1) is 0 Å². The average Bonchev–Trinajstić information content (AvgIpc) is 3.58. The molecular formula is C51H44N2. The second-order valence-corrected chi connectivity index (χ2v) is 16.7. The second-order valence-electron chi connectivity index (χ2n) is 16.7. The van der Waals surface area contributed by atoms with Crippen molar-refractivity contribution >= 4 is 55.1 Å². The molecule has 0 unspecified atom stereocenters. The van der Waals surface area contributed by atoms with Crippen LogP contribution < -0.4 is 9.80 Å². The first-order valence-corrected chi connectivity index (χ1v) is 19.6. The quantitative estimate of drug-likeness (QED) is 0.170. The lowest BCUT2D eigenvalue weighted by molar-refractivity contribution is 0.577. The maximum atomic E-state index is 2.61. The lowest BCUT2D eigenvalue weighted by atomic mass is 9.75. The maximum absolute atomic E-state index is 2.61. The van der Waals surface area contributed by atoms with Crippen LogP contribution in [0.25, 0.3) is 54.6 Å². The van der Waals surface area contributed by atoms with Gasteiger partial charge in [0.05, 0.1) is 0 Å². The van der Waals surface area contributed by atoms with Crippen LogP contribution in [0.5, 0.6) is 0 Å². The third-order valence-corrected chi connectivity index (χ3v) is 13.1. The minimum absolute atomic E-state index is 0.117. The lowest BCUT2D eigenvalue weighted by Gasteiger charge is -2.30. The smallest absolute Gasteiger partial charge is 0.0465 e. The Hall–Kier alpha value is -5.60. The molecule has 0 atom stereocenters. The minimum atomic E-state index is -0.201. The number of piperidine rings is 1. The third-order valence-electron chi connectivity index (χ3n) is 13.1. The summed E-state index contributed by atoms with van der Waals surface area (Å²) in [5.74, 6) is 0. The fourth-order valence-electron chi connectivity index (χ4n) is 10.8. The van der Waals surface area contributed by atoms with Crippen LogP contribution in [0.3, 0.4) is 0 Å². The molecule has 2 nitrogen and oxygen atoms in total. The van der Waals surface area contributed by atoms with Crippen molar-refractivity contribution in [1.29, 1.82) is 0 Å². The fourth-order valence-corrected chi connectivity index (χ4v) is 10.8. The predicted molar refractivity (Wildman–Crippen MR) is 226 cm³/mol. The molecule has 0 N–H and O–H groups in total. The molecule has 0 saturated carbocycles. The predicted octanol–water partition coefficient (Wildman–Crippen LogP) is 13.7. The molecular weight excluding hydrogens is 641 g/mol. The standard InChI is InChI=1S/C51H44N2/c1-50(2)42-30-34(52-28-12-7-13-29-52)24-26-36(42)46-38-20-14-23-41-44(38)45-39(21-15-22-40(45)48(46)50)47-37-27-25-35(31-43(37)51(3,4)49(41)47)53(32-16-8-5-9-17-32)33-18-10-6-11-19-33/h5-6,8-11,14-27,30-31H,7,12-13,28-29H2,1-4H3. The van der Waals surface area contributed by atoms with E-state index in [1.54, 1.807) is 0 Å². The first-order valence-electron chi connectivity index (χ1n) is 19.6. The monoisotopic (exact) mass is 684 g/mol. The van der Waals surface area contributed by atoms with Crippen molar-refractivity contribution in [2.75, 3.05) is 22.9 Å². The van der Waals surface area contributed by atoms with Gasteiger partial charge in [-0.2, -0.15) is 0 Å². The summed E-state index contributed by atoms with van der Waals surface area (Å²) < 4.78 is 0. The van der Waals surface area contributed by atoms with Crippen LogP contribution in [0, 0.1) is 0 Å². The summed E-state index contributed by atoms with van der Waals surface area (Å²) >= 11 is 0. The van der Waals surface area contributed by atoms with Gasteiger partial charge in [-0.05, 0) is 145 Å². The number of hydrogen-bond acceptors (Lipinski definition) is 2. The molecule has 0 aromatic heterocycles. The number of fused-ring (bicyclic) bond motifs is 10. The molecule has 258 valence electrons. The van der Waals surface area contributed by atoms with E-state index < -0.39 is 0 Å². The molecule has 1 aliphatic heterocycles. The Morgan fingerprint density at radius 1 is 0.453 bits per heavy atom. The zero-order valence-corrected chi connectivity index (χ0v) is 31.1. The number of benzene rings is 8. The van der Waals surface area contributed by atoms with Crippen molar-refractivity contribution in [3.63, 3.8) is 0 Å². The van der Waals surface area contributed by atoms with Gasteiger partial charge >= 0.3 is 0 Å². The first-order chi connectivity index (χ1) is 25.8. The Balaban J connectivity index is 1.16. The van der Waals surface area contributed by atoms with E-state index in [9.17, 15) is 0 Å².